The van der Waals surface area contributed by atoms with E-state index < -0.39 is 0 Å². The van der Waals surface area contributed by atoms with Gasteiger partial charge in [0.1, 0.15) is 16.9 Å². The van der Waals surface area contributed by atoms with Gasteiger partial charge in [0, 0.05) is 29.5 Å². The highest BCUT2D eigenvalue weighted by molar-refractivity contribution is 7.14. The molecule has 1 aromatic carbocycles. The number of thiazole rings is 1. The van der Waals surface area contributed by atoms with E-state index in [2.05, 4.69) is 4.98 Å². The summed E-state index contributed by atoms with van der Waals surface area (Å²) in [6, 6.07) is 5.45. The lowest BCUT2D eigenvalue weighted by Gasteiger charge is -2.23. The predicted molar refractivity (Wildman–Crippen MR) is 88.1 cm³/mol. The van der Waals surface area contributed by atoms with E-state index in [1.807, 2.05) is 19.2 Å². The molecule has 1 aliphatic heterocycles. The fraction of sp³-hybridized carbons (Fsp3) is 0.412. The van der Waals surface area contributed by atoms with Crippen molar-refractivity contribution >= 4 is 17.3 Å². The van der Waals surface area contributed by atoms with E-state index in [9.17, 15) is 4.79 Å². The zero-order chi connectivity index (χ0) is 16.2. The molecule has 122 valence electrons. The summed E-state index contributed by atoms with van der Waals surface area (Å²) in [6.07, 6.45) is 3.65. The average molecular weight is 333 g/mol. The first-order chi connectivity index (χ1) is 11.2. The van der Waals surface area contributed by atoms with E-state index in [4.69, 9.17) is 14.2 Å². The molecule has 0 atom stereocenters. The number of esters is 1. The Kier molecular flexibility index (Phi) is 4.93. The molecule has 1 aromatic heterocycles. The van der Waals surface area contributed by atoms with E-state index in [0.717, 1.165) is 28.3 Å². The normalized spacial score (nSPS) is 15.4. The van der Waals surface area contributed by atoms with Crippen molar-refractivity contribution in [1.82, 2.24) is 4.98 Å². The third-order valence-electron chi connectivity index (χ3n) is 3.67. The van der Waals surface area contributed by atoms with Gasteiger partial charge in [0.15, 0.2) is 0 Å². The van der Waals surface area contributed by atoms with Gasteiger partial charge in [0.05, 0.1) is 25.9 Å². The zero-order valence-corrected chi connectivity index (χ0v) is 14.0. The molecule has 2 aromatic rings. The highest BCUT2D eigenvalue weighted by Crippen LogP contribution is 2.30. The summed E-state index contributed by atoms with van der Waals surface area (Å²) in [5.74, 6) is 0.291. The summed E-state index contributed by atoms with van der Waals surface area (Å²) in [5, 5.41) is 0.866. The second-order valence-corrected chi connectivity index (χ2v) is 6.68. The van der Waals surface area contributed by atoms with Gasteiger partial charge < -0.3 is 14.2 Å². The molecule has 1 saturated heterocycles. The number of hydrogen-bond acceptors (Lipinski definition) is 6. The van der Waals surface area contributed by atoms with Crippen LogP contribution in [0.4, 0.5) is 0 Å². The summed E-state index contributed by atoms with van der Waals surface area (Å²) in [6.45, 7) is 3.42. The van der Waals surface area contributed by atoms with Crippen LogP contribution in [0.1, 0.15) is 28.1 Å². The molecule has 0 amide bonds. The maximum atomic E-state index is 11.9. The van der Waals surface area contributed by atoms with Crippen LogP contribution in [0.3, 0.4) is 0 Å². The van der Waals surface area contributed by atoms with Gasteiger partial charge in [-0.25, -0.2) is 9.78 Å². The first-order valence-corrected chi connectivity index (χ1v) is 8.38. The zero-order valence-electron chi connectivity index (χ0n) is 13.2. The van der Waals surface area contributed by atoms with Crippen molar-refractivity contribution in [1.29, 1.82) is 0 Å². The molecule has 0 unspecified atom stereocenters. The second-order valence-electron chi connectivity index (χ2n) is 5.44. The quantitative estimate of drug-likeness (QED) is 0.802. The Hall–Kier alpha value is -1.92. The Bertz CT molecular complexity index is 692. The van der Waals surface area contributed by atoms with Crippen LogP contribution in [-0.2, 0) is 9.47 Å². The first-order valence-electron chi connectivity index (χ1n) is 7.56. The van der Waals surface area contributed by atoms with Gasteiger partial charge in [0.25, 0.3) is 0 Å². The number of ether oxygens (including phenoxy) is 3. The molecule has 1 aliphatic rings. The van der Waals surface area contributed by atoms with Gasteiger partial charge in [-0.15, -0.1) is 11.3 Å². The van der Waals surface area contributed by atoms with Gasteiger partial charge in [0.2, 0.25) is 0 Å². The molecule has 0 bridgehead atoms. The minimum Gasteiger partial charge on any atom is -0.490 e. The van der Waals surface area contributed by atoms with Crippen LogP contribution in [0.25, 0.3) is 10.6 Å². The largest absolute Gasteiger partial charge is 0.490 e. The molecule has 0 spiro atoms. The minimum absolute atomic E-state index is 0.113. The molecule has 3 rings (SSSR count). The van der Waals surface area contributed by atoms with E-state index in [1.165, 1.54) is 7.11 Å². The van der Waals surface area contributed by atoms with Crippen molar-refractivity contribution in [2.24, 2.45) is 0 Å². The van der Waals surface area contributed by atoms with E-state index >= 15 is 0 Å². The Balaban J connectivity index is 1.92. The summed E-state index contributed by atoms with van der Waals surface area (Å²) in [5.41, 5.74) is 1.34. The Morgan fingerprint density at radius 1 is 1.30 bits per heavy atom. The van der Waals surface area contributed by atoms with Gasteiger partial charge in [-0.05, 0) is 25.1 Å². The van der Waals surface area contributed by atoms with E-state index in [-0.39, 0.29) is 12.1 Å². The lowest BCUT2D eigenvalue weighted by molar-refractivity contribution is 0.0254. The number of aryl methyl sites for hydroxylation is 1. The second kappa shape index (κ2) is 7.10. The first kappa shape index (κ1) is 16.0. The van der Waals surface area contributed by atoms with Crippen LogP contribution in [0, 0.1) is 6.92 Å². The van der Waals surface area contributed by atoms with Crippen LogP contribution >= 0.6 is 11.3 Å². The van der Waals surface area contributed by atoms with Crippen LogP contribution in [-0.4, -0.2) is 37.4 Å². The minimum atomic E-state index is -0.378. The summed E-state index contributed by atoms with van der Waals surface area (Å²) in [7, 11) is 1.38. The fourth-order valence-corrected chi connectivity index (χ4v) is 3.25. The molecule has 23 heavy (non-hydrogen) atoms. The number of carbonyl (C=O) groups is 1. The molecule has 0 N–H and O–H groups in total. The van der Waals surface area contributed by atoms with Gasteiger partial charge in [-0.3, -0.25) is 0 Å². The fourth-order valence-electron chi connectivity index (χ4n) is 2.50. The van der Waals surface area contributed by atoms with Crippen molar-refractivity contribution in [3.8, 4) is 16.3 Å². The number of benzene rings is 1. The van der Waals surface area contributed by atoms with Crippen LogP contribution < -0.4 is 4.74 Å². The van der Waals surface area contributed by atoms with Crippen molar-refractivity contribution in [3.63, 3.8) is 0 Å². The maximum absolute atomic E-state index is 11.9. The number of carbonyl (C=O) groups excluding carboxylic acids is 1. The number of aromatic nitrogens is 1. The molecule has 2 heterocycles. The lowest BCUT2D eigenvalue weighted by Crippen LogP contribution is -2.26. The summed E-state index contributed by atoms with van der Waals surface area (Å²) < 4.78 is 16.2. The number of nitrogens with zero attached hydrogens (tertiary/aromatic N) is 1. The summed E-state index contributed by atoms with van der Waals surface area (Å²) >= 11 is 1.58. The van der Waals surface area contributed by atoms with Gasteiger partial charge >= 0.3 is 5.97 Å². The number of methoxy groups -OCH3 is 1. The molecule has 0 radical (unpaired) electrons. The Morgan fingerprint density at radius 2 is 2.09 bits per heavy atom. The topological polar surface area (TPSA) is 57.7 Å². The van der Waals surface area contributed by atoms with Gasteiger partial charge in [-0.2, -0.15) is 0 Å². The van der Waals surface area contributed by atoms with Crippen molar-refractivity contribution in [2.75, 3.05) is 20.3 Å². The highest BCUT2D eigenvalue weighted by Gasteiger charge is 2.18. The maximum Gasteiger partial charge on any atom is 0.338 e. The van der Waals surface area contributed by atoms with Crippen molar-refractivity contribution in [3.05, 3.63) is 34.8 Å². The monoisotopic (exact) mass is 333 g/mol. The Morgan fingerprint density at radius 3 is 2.74 bits per heavy atom. The smallest absolute Gasteiger partial charge is 0.338 e. The number of rotatable bonds is 4. The standard InChI is InChI=1S/C17H19NO4S/c1-11-10-18-16(23-11)12-7-13(17(19)20-2)9-15(8-12)22-14-3-5-21-6-4-14/h7-10,14H,3-6H2,1-2H3. The Labute approximate surface area is 139 Å². The van der Waals surface area contributed by atoms with Gasteiger partial charge in [-0.1, -0.05) is 0 Å². The summed E-state index contributed by atoms with van der Waals surface area (Å²) in [4.78, 5) is 17.4. The predicted octanol–water partition coefficient (Wildman–Crippen LogP) is 3.46. The van der Waals surface area contributed by atoms with Crippen LogP contribution in [0.5, 0.6) is 5.75 Å². The number of hydrogen-bond donors (Lipinski definition) is 0. The lowest BCUT2D eigenvalue weighted by atomic mass is 10.1. The van der Waals surface area contributed by atoms with Crippen molar-refractivity contribution < 1.29 is 19.0 Å². The van der Waals surface area contributed by atoms with E-state index in [0.29, 0.717) is 24.5 Å². The molecule has 0 aliphatic carbocycles. The molecule has 0 saturated carbocycles. The third-order valence-corrected chi connectivity index (χ3v) is 4.63. The molecule has 6 heteroatoms. The molecule has 1 fully saturated rings. The molecule has 5 nitrogen and oxygen atoms in total. The SMILES string of the molecule is COC(=O)c1cc(OC2CCOCC2)cc(-c2ncc(C)s2)c1. The average Bonchev–Trinajstić information content (AvgIpc) is 3.01. The third kappa shape index (κ3) is 3.89. The van der Waals surface area contributed by atoms with Crippen LogP contribution in [0.15, 0.2) is 24.4 Å². The van der Waals surface area contributed by atoms with Crippen LogP contribution in [0.2, 0.25) is 0 Å². The highest BCUT2D eigenvalue weighted by atomic mass is 32.1. The van der Waals surface area contributed by atoms with Crippen molar-refractivity contribution in [2.45, 2.75) is 25.9 Å². The van der Waals surface area contributed by atoms with E-state index in [1.54, 1.807) is 23.5 Å². The molecular formula is C17H19NO4S. The molecular weight excluding hydrogens is 314 g/mol.